The molecular formula is C11H21N3O2. The van der Waals surface area contributed by atoms with Gasteiger partial charge in [0.1, 0.15) is 6.04 Å². The van der Waals surface area contributed by atoms with Gasteiger partial charge in [-0.05, 0) is 33.1 Å². The molecule has 0 aromatic carbocycles. The van der Waals surface area contributed by atoms with Crippen molar-refractivity contribution in [2.75, 3.05) is 6.54 Å². The summed E-state index contributed by atoms with van der Waals surface area (Å²) in [6, 6.07) is -0.490. The van der Waals surface area contributed by atoms with Crippen molar-refractivity contribution in [3.8, 4) is 0 Å². The van der Waals surface area contributed by atoms with Crippen molar-refractivity contribution >= 4 is 11.8 Å². The fourth-order valence-corrected chi connectivity index (χ4v) is 1.81. The zero-order valence-corrected chi connectivity index (χ0v) is 10.0. The minimum Gasteiger partial charge on any atom is -0.355 e. The van der Waals surface area contributed by atoms with Crippen molar-refractivity contribution in [1.82, 2.24) is 10.6 Å². The third kappa shape index (κ3) is 3.48. The Kier molecular flexibility index (Phi) is 4.29. The third-order valence-corrected chi connectivity index (χ3v) is 2.98. The van der Waals surface area contributed by atoms with E-state index < -0.39 is 6.04 Å². The first-order chi connectivity index (χ1) is 7.47. The Morgan fingerprint density at radius 1 is 1.44 bits per heavy atom. The zero-order valence-electron chi connectivity index (χ0n) is 10.0. The Balaban J connectivity index is 2.30. The fraction of sp³-hybridized carbons (Fsp3) is 0.818. The van der Waals surface area contributed by atoms with Gasteiger partial charge in [0.2, 0.25) is 11.8 Å². The van der Waals surface area contributed by atoms with E-state index in [0.717, 1.165) is 19.3 Å². The van der Waals surface area contributed by atoms with Crippen LogP contribution >= 0.6 is 0 Å². The summed E-state index contributed by atoms with van der Waals surface area (Å²) in [5.74, 6) is -0.295. The first kappa shape index (κ1) is 13.0. The van der Waals surface area contributed by atoms with Crippen LogP contribution in [0.2, 0.25) is 0 Å². The maximum absolute atomic E-state index is 11.6. The normalized spacial score (nSPS) is 19.4. The molecule has 1 rings (SSSR count). The molecule has 0 spiro atoms. The lowest BCUT2D eigenvalue weighted by molar-refractivity contribution is -0.129. The molecule has 0 aromatic rings. The highest BCUT2D eigenvalue weighted by atomic mass is 16.2. The van der Waals surface area contributed by atoms with Gasteiger partial charge in [-0.2, -0.15) is 0 Å². The van der Waals surface area contributed by atoms with Crippen molar-refractivity contribution in [3.05, 3.63) is 0 Å². The van der Waals surface area contributed by atoms with E-state index in [1.54, 1.807) is 6.92 Å². The smallest absolute Gasteiger partial charge is 0.242 e. The lowest BCUT2D eigenvalue weighted by Gasteiger charge is -2.37. The molecule has 16 heavy (non-hydrogen) atoms. The van der Waals surface area contributed by atoms with Crippen LogP contribution in [0.5, 0.6) is 0 Å². The summed E-state index contributed by atoms with van der Waals surface area (Å²) < 4.78 is 0. The number of hydrogen-bond donors (Lipinski definition) is 3. The molecule has 5 nitrogen and oxygen atoms in total. The van der Waals surface area contributed by atoms with Crippen LogP contribution in [0.1, 0.15) is 39.5 Å². The summed E-state index contributed by atoms with van der Waals surface area (Å²) in [7, 11) is 0. The van der Waals surface area contributed by atoms with E-state index in [4.69, 9.17) is 5.73 Å². The molecule has 0 saturated heterocycles. The van der Waals surface area contributed by atoms with Crippen LogP contribution in [0.4, 0.5) is 0 Å². The molecule has 92 valence electrons. The van der Waals surface area contributed by atoms with Crippen LogP contribution in [-0.2, 0) is 9.59 Å². The monoisotopic (exact) mass is 227 g/mol. The van der Waals surface area contributed by atoms with E-state index in [0.29, 0.717) is 13.0 Å². The summed E-state index contributed by atoms with van der Waals surface area (Å²) in [5, 5.41) is 5.31. The molecule has 1 fully saturated rings. The van der Waals surface area contributed by atoms with Gasteiger partial charge in [0.25, 0.3) is 0 Å². The largest absolute Gasteiger partial charge is 0.355 e. The minimum atomic E-state index is -0.490. The maximum atomic E-state index is 11.6. The molecule has 0 heterocycles. The van der Waals surface area contributed by atoms with E-state index in [-0.39, 0.29) is 17.4 Å². The standard InChI is InChI=1S/C11H21N3O2/c1-3-13-10(16)8(2)14-9(15)7-11(12)5-4-6-11/h8H,3-7,12H2,1-2H3,(H,13,16)(H,14,15). The highest BCUT2D eigenvalue weighted by molar-refractivity contribution is 5.87. The van der Waals surface area contributed by atoms with Crippen molar-refractivity contribution in [2.45, 2.75) is 51.1 Å². The highest BCUT2D eigenvalue weighted by Crippen LogP contribution is 2.31. The van der Waals surface area contributed by atoms with Gasteiger partial charge < -0.3 is 16.4 Å². The van der Waals surface area contributed by atoms with Crippen molar-refractivity contribution in [3.63, 3.8) is 0 Å². The van der Waals surface area contributed by atoms with Crippen LogP contribution in [0, 0.1) is 0 Å². The number of amides is 2. The Labute approximate surface area is 96.1 Å². The molecule has 5 heteroatoms. The maximum Gasteiger partial charge on any atom is 0.242 e. The quantitative estimate of drug-likeness (QED) is 0.613. The van der Waals surface area contributed by atoms with E-state index in [9.17, 15) is 9.59 Å². The predicted octanol–water partition coefficient (Wildman–Crippen LogP) is -0.101. The summed E-state index contributed by atoms with van der Waals surface area (Å²) in [5.41, 5.74) is 5.62. The van der Waals surface area contributed by atoms with Crippen LogP contribution < -0.4 is 16.4 Å². The second-order valence-corrected chi connectivity index (χ2v) is 4.58. The SMILES string of the molecule is CCNC(=O)C(C)NC(=O)CC1(N)CCC1. The molecule has 4 N–H and O–H groups in total. The van der Waals surface area contributed by atoms with Gasteiger partial charge in [-0.3, -0.25) is 9.59 Å². The summed E-state index contributed by atoms with van der Waals surface area (Å²) >= 11 is 0. The molecule has 0 bridgehead atoms. The molecular weight excluding hydrogens is 206 g/mol. The molecule has 1 saturated carbocycles. The fourth-order valence-electron chi connectivity index (χ4n) is 1.81. The predicted molar refractivity (Wildman–Crippen MR) is 61.7 cm³/mol. The van der Waals surface area contributed by atoms with E-state index in [1.165, 1.54) is 0 Å². The zero-order chi connectivity index (χ0) is 12.2. The molecule has 0 radical (unpaired) electrons. The summed E-state index contributed by atoms with van der Waals surface area (Å²) in [6.45, 7) is 4.09. The first-order valence-electron chi connectivity index (χ1n) is 5.83. The second kappa shape index (κ2) is 5.30. The highest BCUT2D eigenvalue weighted by Gasteiger charge is 2.35. The summed E-state index contributed by atoms with van der Waals surface area (Å²) in [4.78, 5) is 23.0. The van der Waals surface area contributed by atoms with Gasteiger partial charge in [0.15, 0.2) is 0 Å². The molecule has 1 aliphatic rings. The van der Waals surface area contributed by atoms with E-state index in [1.807, 2.05) is 6.92 Å². The van der Waals surface area contributed by atoms with Crippen LogP contribution in [-0.4, -0.2) is 29.9 Å². The van der Waals surface area contributed by atoms with Crippen LogP contribution in [0.25, 0.3) is 0 Å². The Hall–Kier alpha value is -1.10. The van der Waals surface area contributed by atoms with Crippen molar-refractivity contribution < 1.29 is 9.59 Å². The van der Waals surface area contributed by atoms with Gasteiger partial charge in [0.05, 0.1) is 0 Å². The molecule has 0 aromatic heterocycles. The number of nitrogens with two attached hydrogens (primary N) is 1. The first-order valence-corrected chi connectivity index (χ1v) is 5.83. The Bertz CT molecular complexity index is 274. The third-order valence-electron chi connectivity index (χ3n) is 2.98. The molecule has 2 amide bonds. The Morgan fingerprint density at radius 3 is 2.50 bits per heavy atom. The van der Waals surface area contributed by atoms with Gasteiger partial charge >= 0.3 is 0 Å². The van der Waals surface area contributed by atoms with E-state index >= 15 is 0 Å². The number of nitrogens with one attached hydrogen (secondary N) is 2. The van der Waals surface area contributed by atoms with Gasteiger partial charge in [-0.15, -0.1) is 0 Å². The Morgan fingerprint density at radius 2 is 2.06 bits per heavy atom. The molecule has 1 unspecified atom stereocenters. The number of likely N-dealkylation sites (N-methyl/N-ethyl adjacent to an activating group) is 1. The van der Waals surface area contributed by atoms with Gasteiger partial charge in [-0.25, -0.2) is 0 Å². The molecule has 1 aliphatic carbocycles. The molecule has 0 aliphatic heterocycles. The average molecular weight is 227 g/mol. The lowest BCUT2D eigenvalue weighted by atomic mass is 9.75. The topological polar surface area (TPSA) is 84.2 Å². The number of carbonyl (C=O) groups is 2. The van der Waals surface area contributed by atoms with Gasteiger partial charge in [-0.1, -0.05) is 0 Å². The lowest BCUT2D eigenvalue weighted by Crippen LogP contribution is -2.52. The minimum absolute atomic E-state index is 0.138. The average Bonchev–Trinajstić information content (AvgIpc) is 2.15. The number of hydrogen-bond acceptors (Lipinski definition) is 3. The summed E-state index contributed by atoms with van der Waals surface area (Å²) in [6.07, 6.45) is 3.21. The van der Waals surface area contributed by atoms with Gasteiger partial charge in [0, 0.05) is 18.5 Å². The second-order valence-electron chi connectivity index (χ2n) is 4.58. The molecule has 1 atom stereocenters. The van der Waals surface area contributed by atoms with Crippen molar-refractivity contribution in [2.24, 2.45) is 5.73 Å². The van der Waals surface area contributed by atoms with Crippen LogP contribution in [0.3, 0.4) is 0 Å². The number of rotatable bonds is 5. The van der Waals surface area contributed by atoms with E-state index in [2.05, 4.69) is 10.6 Å². The van der Waals surface area contributed by atoms with Crippen LogP contribution in [0.15, 0.2) is 0 Å². The number of carbonyl (C=O) groups excluding carboxylic acids is 2. The van der Waals surface area contributed by atoms with Crippen molar-refractivity contribution in [1.29, 1.82) is 0 Å².